The first-order valence-electron chi connectivity index (χ1n) is 6.94. The molecule has 1 atom stereocenters. The molecule has 3 heterocycles. The molecule has 102 valence electrons. The first-order valence-corrected chi connectivity index (χ1v) is 7.75. The van der Waals surface area contributed by atoms with Gasteiger partial charge in [-0.3, -0.25) is 0 Å². The van der Waals surface area contributed by atoms with Crippen LogP contribution in [0.1, 0.15) is 24.1 Å². The zero-order chi connectivity index (χ0) is 13.2. The maximum absolute atomic E-state index is 5.69. The van der Waals surface area contributed by atoms with Crippen LogP contribution in [0.5, 0.6) is 0 Å². The van der Waals surface area contributed by atoms with Crippen LogP contribution in [0.25, 0.3) is 10.2 Å². The third kappa shape index (κ3) is 2.58. The molecule has 19 heavy (non-hydrogen) atoms. The summed E-state index contributed by atoms with van der Waals surface area (Å²) >= 11 is 1.74. The summed E-state index contributed by atoms with van der Waals surface area (Å²) in [6.07, 6.45) is 5.34. The number of nitrogens with two attached hydrogens (primary N) is 1. The standard InChI is InChI=1S/C14H20N4S/c1-10-7-12-13(16-9-17-14(12)19-10)18-6-2-3-11(8-18)4-5-15/h7,9,11H,2-6,8,15H2,1H3. The topological polar surface area (TPSA) is 55.0 Å². The van der Waals surface area contributed by atoms with E-state index in [2.05, 4.69) is 27.9 Å². The Kier molecular flexibility index (Phi) is 3.66. The molecule has 2 aromatic heterocycles. The van der Waals surface area contributed by atoms with Crippen molar-refractivity contribution in [2.75, 3.05) is 24.5 Å². The quantitative estimate of drug-likeness (QED) is 0.936. The van der Waals surface area contributed by atoms with E-state index in [1.807, 2.05) is 0 Å². The maximum Gasteiger partial charge on any atom is 0.140 e. The summed E-state index contributed by atoms with van der Waals surface area (Å²) in [6, 6.07) is 2.21. The summed E-state index contributed by atoms with van der Waals surface area (Å²) in [5, 5.41) is 1.21. The van der Waals surface area contributed by atoms with Gasteiger partial charge in [-0.2, -0.15) is 0 Å². The number of rotatable bonds is 3. The highest BCUT2D eigenvalue weighted by molar-refractivity contribution is 7.18. The number of piperidine rings is 1. The Labute approximate surface area is 117 Å². The minimum absolute atomic E-state index is 0.712. The number of nitrogens with zero attached hydrogens (tertiary/aromatic N) is 3. The summed E-state index contributed by atoms with van der Waals surface area (Å²) in [7, 11) is 0. The molecule has 0 spiro atoms. The third-order valence-electron chi connectivity index (χ3n) is 3.83. The van der Waals surface area contributed by atoms with E-state index in [9.17, 15) is 0 Å². The number of hydrogen-bond acceptors (Lipinski definition) is 5. The number of aromatic nitrogens is 2. The van der Waals surface area contributed by atoms with Gasteiger partial charge in [0.25, 0.3) is 0 Å². The van der Waals surface area contributed by atoms with Gasteiger partial charge in [0.05, 0.1) is 5.39 Å². The summed E-state index contributed by atoms with van der Waals surface area (Å²) in [4.78, 5) is 13.7. The van der Waals surface area contributed by atoms with Gasteiger partial charge in [-0.1, -0.05) is 0 Å². The number of fused-ring (bicyclic) bond motifs is 1. The van der Waals surface area contributed by atoms with E-state index in [1.165, 1.54) is 23.1 Å². The normalized spacial score (nSPS) is 20.1. The molecule has 0 radical (unpaired) electrons. The Morgan fingerprint density at radius 2 is 2.37 bits per heavy atom. The van der Waals surface area contributed by atoms with Crippen molar-refractivity contribution in [2.45, 2.75) is 26.2 Å². The molecule has 5 heteroatoms. The molecule has 4 nitrogen and oxygen atoms in total. The van der Waals surface area contributed by atoms with Crippen LogP contribution in [-0.2, 0) is 0 Å². The third-order valence-corrected chi connectivity index (χ3v) is 4.78. The van der Waals surface area contributed by atoms with Gasteiger partial charge in [-0.25, -0.2) is 9.97 Å². The Balaban J connectivity index is 1.90. The fourth-order valence-electron chi connectivity index (χ4n) is 2.94. The first kappa shape index (κ1) is 12.8. The van der Waals surface area contributed by atoms with E-state index >= 15 is 0 Å². The van der Waals surface area contributed by atoms with E-state index in [4.69, 9.17) is 5.73 Å². The lowest BCUT2D eigenvalue weighted by atomic mass is 9.95. The fraction of sp³-hybridized carbons (Fsp3) is 0.571. The van der Waals surface area contributed by atoms with Crippen molar-refractivity contribution in [1.82, 2.24) is 9.97 Å². The van der Waals surface area contributed by atoms with Crippen molar-refractivity contribution < 1.29 is 0 Å². The molecular weight excluding hydrogens is 256 g/mol. The molecule has 1 aliphatic heterocycles. The second-order valence-electron chi connectivity index (χ2n) is 5.30. The zero-order valence-corrected chi connectivity index (χ0v) is 12.1. The second kappa shape index (κ2) is 5.43. The fourth-order valence-corrected chi connectivity index (χ4v) is 3.79. The van der Waals surface area contributed by atoms with E-state index < -0.39 is 0 Å². The van der Waals surface area contributed by atoms with Crippen molar-refractivity contribution in [1.29, 1.82) is 0 Å². The van der Waals surface area contributed by atoms with Crippen LogP contribution in [0.4, 0.5) is 5.82 Å². The Bertz CT molecular complexity index is 564. The molecule has 2 aromatic rings. The monoisotopic (exact) mass is 276 g/mol. The predicted molar refractivity (Wildman–Crippen MR) is 80.8 cm³/mol. The summed E-state index contributed by atoms with van der Waals surface area (Å²) in [6.45, 7) is 5.10. The van der Waals surface area contributed by atoms with Gasteiger partial charge in [0.15, 0.2) is 0 Å². The van der Waals surface area contributed by atoms with Crippen molar-refractivity contribution in [3.63, 3.8) is 0 Å². The van der Waals surface area contributed by atoms with Gasteiger partial charge in [0, 0.05) is 18.0 Å². The van der Waals surface area contributed by atoms with Crippen LogP contribution >= 0.6 is 11.3 Å². The number of thiophene rings is 1. The van der Waals surface area contributed by atoms with Gasteiger partial charge < -0.3 is 10.6 Å². The highest BCUT2D eigenvalue weighted by Gasteiger charge is 2.22. The van der Waals surface area contributed by atoms with Crippen LogP contribution in [0, 0.1) is 12.8 Å². The van der Waals surface area contributed by atoms with Gasteiger partial charge in [0.1, 0.15) is 17.0 Å². The van der Waals surface area contributed by atoms with Crippen molar-refractivity contribution in [3.8, 4) is 0 Å². The predicted octanol–water partition coefficient (Wildman–Crippen LogP) is 2.56. The van der Waals surface area contributed by atoms with E-state index in [-0.39, 0.29) is 0 Å². The largest absolute Gasteiger partial charge is 0.356 e. The molecule has 2 N–H and O–H groups in total. The minimum atomic E-state index is 0.712. The van der Waals surface area contributed by atoms with Crippen LogP contribution in [-0.4, -0.2) is 29.6 Å². The summed E-state index contributed by atoms with van der Waals surface area (Å²) in [5.74, 6) is 1.82. The van der Waals surface area contributed by atoms with E-state index in [1.54, 1.807) is 17.7 Å². The van der Waals surface area contributed by atoms with Crippen LogP contribution in [0.3, 0.4) is 0 Å². The Morgan fingerprint density at radius 3 is 3.21 bits per heavy atom. The Hall–Kier alpha value is -1.20. The lowest BCUT2D eigenvalue weighted by molar-refractivity contribution is 0.395. The molecular formula is C14H20N4S. The smallest absolute Gasteiger partial charge is 0.140 e. The van der Waals surface area contributed by atoms with Gasteiger partial charge in [-0.15, -0.1) is 11.3 Å². The van der Waals surface area contributed by atoms with Crippen molar-refractivity contribution in [3.05, 3.63) is 17.3 Å². The molecule has 1 aliphatic rings. The number of hydrogen-bond donors (Lipinski definition) is 1. The molecule has 0 aliphatic carbocycles. The van der Waals surface area contributed by atoms with Gasteiger partial charge in [-0.05, 0) is 44.7 Å². The molecule has 1 unspecified atom stereocenters. The molecule has 1 saturated heterocycles. The van der Waals surface area contributed by atoms with E-state index in [0.29, 0.717) is 5.92 Å². The Morgan fingerprint density at radius 1 is 1.47 bits per heavy atom. The van der Waals surface area contributed by atoms with Crippen LogP contribution in [0.2, 0.25) is 0 Å². The molecule has 0 saturated carbocycles. The zero-order valence-electron chi connectivity index (χ0n) is 11.3. The molecule has 3 rings (SSSR count). The minimum Gasteiger partial charge on any atom is -0.356 e. The molecule has 0 bridgehead atoms. The van der Waals surface area contributed by atoms with Crippen LogP contribution < -0.4 is 10.6 Å². The summed E-state index contributed by atoms with van der Waals surface area (Å²) < 4.78 is 0. The number of aryl methyl sites for hydroxylation is 1. The summed E-state index contributed by atoms with van der Waals surface area (Å²) in [5.41, 5.74) is 5.69. The molecule has 0 amide bonds. The van der Waals surface area contributed by atoms with E-state index in [0.717, 1.165) is 36.7 Å². The SMILES string of the molecule is Cc1cc2c(N3CCCC(CCN)C3)ncnc2s1. The highest BCUT2D eigenvalue weighted by Crippen LogP contribution is 2.32. The number of anilines is 1. The van der Waals surface area contributed by atoms with Crippen molar-refractivity contribution in [2.24, 2.45) is 11.7 Å². The second-order valence-corrected chi connectivity index (χ2v) is 6.54. The first-order chi connectivity index (χ1) is 9.28. The lowest BCUT2D eigenvalue weighted by Gasteiger charge is -2.33. The molecule has 1 fully saturated rings. The highest BCUT2D eigenvalue weighted by atomic mass is 32.1. The van der Waals surface area contributed by atoms with Gasteiger partial charge >= 0.3 is 0 Å². The lowest BCUT2D eigenvalue weighted by Crippen LogP contribution is -2.36. The average Bonchev–Trinajstić information content (AvgIpc) is 2.79. The van der Waals surface area contributed by atoms with Gasteiger partial charge in [0.2, 0.25) is 0 Å². The maximum atomic E-state index is 5.69. The van der Waals surface area contributed by atoms with Crippen LogP contribution in [0.15, 0.2) is 12.4 Å². The average molecular weight is 276 g/mol. The molecule has 0 aromatic carbocycles. The van der Waals surface area contributed by atoms with Crippen molar-refractivity contribution >= 4 is 27.4 Å².